The Morgan fingerprint density at radius 1 is 1.56 bits per heavy atom. The predicted octanol–water partition coefficient (Wildman–Crippen LogP) is -0.323. The van der Waals surface area contributed by atoms with Gasteiger partial charge in [-0.25, -0.2) is 0 Å². The molecule has 90 valence electrons. The van der Waals surface area contributed by atoms with E-state index in [2.05, 4.69) is 20.9 Å². The number of carbonyl (C=O) groups is 1. The van der Waals surface area contributed by atoms with Gasteiger partial charge < -0.3 is 10.6 Å². The van der Waals surface area contributed by atoms with E-state index in [4.69, 9.17) is 0 Å². The van der Waals surface area contributed by atoms with Crippen LogP contribution in [-0.2, 0) is 18.4 Å². The first-order valence-corrected chi connectivity index (χ1v) is 5.24. The van der Waals surface area contributed by atoms with Crippen LogP contribution in [0.2, 0.25) is 0 Å². The number of nitrogens with one attached hydrogen (secondary N) is 2. The van der Waals surface area contributed by atoms with E-state index in [1.807, 2.05) is 27.1 Å². The Kier molecular flexibility index (Phi) is 4.00. The van der Waals surface area contributed by atoms with E-state index in [1.54, 1.807) is 11.7 Å². The molecule has 6 nitrogen and oxygen atoms in total. The van der Waals surface area contributed by atoms with Crippen molar-refractivity contribution >= 4 is 5.91 Å². The number of nitrogens with zero attached hydrogens (tertiary/aromatic N) is 3. The number of aryl methyl sites for hydroxylation is 1. The molecule has 0 saturated heterocycles. The first-order chi connectivity index (χ1) is 7.45. The molecule has 0 aliphatic carbocycles. The maximum Gasteiger partial charge on any atom is 0.226 e. The van der Waals surface area contributed by atoms with Crippen LogP contribution in [0.15, 0.2) is 6.20 Å². The van der Waals surface area contributed by atoms with Crippen LogP contribution in [-0.4, -0.2) is 34.5 Å². The van der Waals surface area contributed by atoms with Crippen molar-refractivity contribution in [3.8, 4) is 0 Å². The zero-order valence-electron chi connectivity index (χ0n) is 10.2. The van der Waals surface area contributed by atoms with Gasteiger partial charge in [-0.15, -0.1) is 5.10 Å². The minimum absolute atomic E-state index is 0.0270. The van der Waals surface area contributed by atoms with E-state index in [1.165, 1.54) is 0 Å². The van der Waals surface area contributed by atoms with Crippen molar-refractivity contribution in [2.24, 2.45) is 12.5 Å². The van der Waals surface area contributed by atoms with E-state index < -0.39 is 5.41 Å². The van der Waals surface area contributed by atoms with Crippen molar-refractivity contribution in [3.05, 3.63) is 11.9 Å². The highest BCUT2D eigenvalue weighted by Gasteiger charge is 2.25. The Balaban J connectivity index is 2.38. The van der Waals surface area contributed by atoms with Crippen LogP contribution in [0, 0.1) is 5.41 Å². The van der Waals surface area contributed by atoms with E-state index in [0.717, 1.165) is 5.69 Å². The Morgan fingerprint density at radius 3 is 2.75 bits per heavy atom. The number of amides is 1. The smallest absolute Gasteiger partial charge is 0.226 e. The Morgan fingerprint density at radius 2 is 2.25 bits per heavy atom. The lowest BCUT2D eigenvalue weighted by Crippen LogP contribution is -2.41. The van der Waals surface area contributed by atoms with E-state index >= 15 is 0 Å². The van der Waals surface area contributed by atoms with Gasteiger partial charge in [-0.1, -0.05) is 5.21 Å². The minimum atomic E-state index is -0.420. The minimum Gasteiger partial charge on any atom is -0.359 e. The SMILES string of the molecule is CNC(=O)C(C)(C)CNCc1cn(C)nn1. The molecule has 1 amide bonds. The second kappa shape index (κ2) is 5.07. The van der Waals surface area contributed by atoms with Gasteiger partial charge in [0.25, 0.3) is 0 Å². The third-order valence-electron chi connectivity index (χ3n) is 2.36. The lowest BCUT2D eigenvalue weighted by molar-refractivity contribution is -0.128. The fourth-order valence-corrected chi connectivity index (χ4v) is 1.40. The highest BCUT2D eigenvalue weighted by molar-refractivity contribution is 5.81. The molecular formula is C10H19N5O. The average molecular weight is 225 g/mol. The highest BCUT2D eigenvalue weighted by atomic mass is 16.2. The predicted molar refractivity (Wildman–Crippen MR) is 60.6 cm³/mol. The summed E-state index contributed by atoms with van der Waals surface area (Å²) in [5.41, 5.74) is 0.451. The molecule has 0 aromatic carbocycles. The molecule has 1 aromatic rings. The van der Waals surface area contributed by atoms with Crippen LogP contribution in [0.25, 0.3) is 0 Å². The summed E-state index contributed by atoms with van der Waals surface area (Å²) in [4.78, 5) is 11.5. The van der Waals surface area contributed by atoms with Crippen molar-refractivity contribution in [1.29, 1.82) is 0 Å². The normalized spacial score (nSPS) is 11.5. The molecule has 1 heterocycles. The second-order valence-corrected chi connectivity index (χ2v) is 4.45. The summed E-state index contributed by atoms with van der Waals surface area (Å²) >= 11 is 0. The molecule has 0 bridgehead atoms. The van der Waals surface area contributed by atoms with Gasteiger partial charge in [-0.3, -0.25) is 9.48 Å². The number of hydrogen-bond donors (Lipinski definition) is 2. The first-order valence-electron chi connectivity index (χ1n) is 5.24. The molecule has 2 N–H and O–H groups in total. The third kappa shape index (κ3) is 3.30. The number of aromatic nitrogens is 3. The molecule has 0 aliphatic rings. The van der Waals surface area contributed by atoms with Crippen LogP contribution < -0.4 is 10.6 Å². The topological polar surface area (TPSA) is 71.8 Å². The molecule has 0 spiro atoms. The van der Waals surface area contributed by atoms with Crippen molar-refractivity contribution in [2.45, 2.75) is 20.4 Å². The maximum atomic E-state index is 11.5. The van der Waals surface area contributed by atoms with E-state index in [-0.39, 0.29) is 5.91 Å². The molecule has 0 unspecified atom stereocenters. The number of rotatable bonds is 5. The standard InChI is InChI=1S/C10H19N5O/c1-10(2,9(16)11-3)7-12-5-8-6-15(4)14-13-8/h6,12H,5,7H2,1-4H3,(H,11,16). The zero-order valence-corrected chi connectivity index (χ0v) is 10.2. The van der Waals surface area contributed by atoms with Gasteiger partial charge in [0.05, 0.1) is 11.1 Å². The van der Waals surface area contributed by atoms with Crippen LogP contribution in [0.1, 0.15) is 19.5 Å². The van der Waals surface area contributed by atoms with Gasteiger partial charge in [-0.05, 0) is 13.8 Å². The van der Waals surface area contributed by atoms with Gasteiger partial charge in [0.2, 0.25) is 5.91 Å². The molecule has 0 radical (unpaired) electrons. The van der Waals surface area contributed by atoms with Gasteiger partial charge >= 0.3 is 0 Å². The molecule has 0 fully saturated rings. The van der Waals surface area contributed by atoms with Gasteiger partial charge in [0, 0.05) is 33.4 Å². The summed E-state index contributed by atoms with van der Waals surface area (Å²) in [6.07, 6.45) is 1.85. The van der Waals surface area contributed by atoms with Crippen LogP contribution >= 0.6 is 0 Å². The van der Waals surface area contributed by atoms with Gasteiger partial charge in [0.1, 0.15) is 0 Å². The first kappa shape index (κ1) is 12.6. The van der Waals surface area contributed by atoms with Crippen LogP contribution in [0.4, 0.5) is 0 Å². The molecular weight excluding hydrogens is 206 g/mol. The number of carbonyl (C=O) groups excluding carboxylic acids is 1. The maximum absolute atomic E-state index is 11.5. The fourth-order valence-electron chi connectivity index (χ4n) is 1.40. The summed E-state index contributed by atoms with van der Waals surface area (Å²) < 4.78 is 1.65. The van der Waals surface area contributed by atoms with E-state index in [0.29, 0.717) is 13.1 Å². The molecule has 6 heteroatoms. The molecule has 16 heavy (non-hydrogen) atoms. The molecule has 1 aromatic heterocycles. The summed E-state index contributed by atoms with van der Waals surface area (Å²) in [5, 5.41) is 13.6. The quantitative estimate of drug-likeness (QED) is 0.720. The Hall–Kier alpha value is -1.43. The zero-order chi connectivity index (χ0) is 12.2. The van der Waals surface area contributed by atoms with Gasteiger partial charge in [0.15, 0.2) is 0 Å². The van der Waals surface area contributed by atoms with Crippen LogP contribution in [0.3, 0.4) is 0 Å². The average Bonchev–Trinajstić information content (AvgIpc) is 2.62. The lowest BCUT2D eigenvalue weighted by Gasteiger charge is -2.22. The highest BCUT2D eigenvalue weighted by Crippen LogP contribution is 2.13. The van der Waals surface area contributed by atoms with E-state index in [9.17, 15) is 4.79 Å². The third-order valence-corrected chi connectivity index (χ3v) is 2.36. The van der Waals surface area contributed by atoms with Crippen molar-refractivity contribution in [3.63, 3.8) is 0 Å². The fraction of sp³-hybridized carbons (Fsp3) is 0.700. The summed E-state index contributed by atoms with van der Waals surface area (Å²) in [5.74, 6) is 0.0270. The largest absolute Gasteiger partial charge is 0.359 e. The summed E-state index contributed by atoms with van der Waals surface area (Å²) in [7, 11) is 3.47. The van der Waals surface area contributed by atoms with Crippen molar-refractivity contribution in [2.75, 3.05) is 13.6 Å². The Bertz CT molecular complexity index is 358. The van der Waals surface area contributed by atoms with Crippen LogP contribution in [0.5, 0.6) is 0 Å². The molecule has 0 saturated carbocycles. The molecule has 1 rings (SSSR count). The summed E-state index contributed by atoms with van der Waals surface area (Å²) in [6, 6.07) is 0. The van der Waals surface area contributed by atoms with Crippen molar-refractivity contribution in [1.82, 2.24) is 25.6 Å². The Labute approximate surface area is 95.4 Å². The molecule has 0 aliphatic heterocycles. The van der Waals surface area contributed by atoms with Crippen molar-refractivity contribution < 1.29 is 4.79 Å². The summed E-state index contributed by atoms with van der Waals surface area (Å²) in [6.45, 7) is 5.02. The van der Waals surface area contributed by atoms with Gasteiger partial charge in [-0.2, -0.15) is 0 Å². The monoisotopic (exact) mass is 225 g/mol. The number of hydrogen-bond acceptors (Lipinski definition) is 4. The second-order valence-electron chi connectivity index (χ2n) is 4.45. The lowest BCUT2D eigenvalue weighted by atomic mass is 9.92. The molecule has 0 atom stereocenters.